The summed E-state index contributed by atoms with van der Waals surface area (Å²) in [5.41, 5.74) is 0.412. The average molecular weight is 357 g/mol. The molecule has 0 bridgehead atoms. The zero-order valence-corrected chi connectivity index (χ0v) is 14.3. The summed E-state index contributed by atoms with van der Waals surface area (Å²) in [4.78, 5) is 13.3. The minimum absolute atomic E-state index is 0.112. The Morgan fingerprint density at radius 1 is 1.50 bits per heavy atom. The normalized spacial score (nSPS) is 16.7. The molecule has 0 aromatic heterocycles. The first-order valence-electron chi connectivity index (χ1n) is 7.40. The number of carbonyl (C=O) groups excluding carboxylic acids is 1. The monoisotopic (exact) mass is 357 g/mol. The molecular formula is C15H20FN3O4S. The van der Waals surface area contributed by atoms with E-state index in [9.17, 15) is 9.18 Å². The number of hydrogen-bond donors (Lipinski definition) is 2. The molecule has 24 heavy (non-hydrogen) atoms. The van der Waals surface area contributed by atoms with E-state index < -0.39 is 11.9 Å². The second kappa shape index (κ2) is 8.65. The van der Waals surface area contributed by atoms with Crippen LogP contribution in [0.1, 0.15) is 0 Å². The number of ether oxygens (including phenoxy) is 3. The first-order valence-corrected chi connectivity index (χ1v) is 7.81. The molecule has 9 heteroatoms. The number of nitrogens with zero attached hydrogens (tertiary/aromatic N) is 1. The van der Waals surface area contributed by atoms with Gasteiger partial charge in [-0.1, -0.05) is 0 Å². The van der Waals surface area contributed by atoms with Crippen LogP contribution in [0.3, 0.4) is 0 Å². The van der Waals surface area contributed by atoms with Crippen molar-refractivity contribution < 1.29 is 23.4 Å². The fraction of sp³-hybridized carbons (Fsp3) is 0.467. The molecule has 0 saturated carbocycles. The van der Waals surface area contributed by atoms with Crippen molar-refractivity contribution >= 4 is 29.1 Å². The van der Waals surface area contributed by atoms with Gasteiger partial charge in [0.2, 0.25) is 0 Å². The number of nitrogens with one attached hydrogen (secondary N) is 2. The molecule has 1 aliphatic rings. The Kier molecular flexibility index (Phi) is 6.56. The number of halogens is 1. The second-order valence-electron chi connectivity index (χ2n) is 5.03. The summed E-state index contributed by atoms with van der Waals surface area (Å²) >= 11 is 4.97. The first-order chi connectivity index (χ1) is 11.5. The van der Waals surface area contributed by atoms with E-state index in [0.717, 1.165) is 0 Å². The minimum Gasteiger partial charge on any atom is -0.488 e. The molecule has 1 aromatic rings. The van der Waals surface area contributed by atoms with Crippen LogP contribution in [0.5, 0.6) is 5.75 Å². The third kappa shape index (κ3) is 4.68. The Morgan fingerprint density at radius 2 is 2.29 bits per heavy atom. The van der Waals surface area contributed by atoms with E-state index >= 15 is 0 Å². The Hall–Kier alpha value is -2.13. The van der Waals surface area contributed by atoms with Crippen LogP contribution in [0.25, 0.3) is 0 Å². The number of thiocarbonyl (C=S) groups is 1. The number of benzene rings is 1. The summed E-state index contributed by atoms with van der Waals surface area (Å²) < 4.78 is 29.4. The van der Waals surface area contributed by atoms with Crippen molar-refractivity contribution in [2.75, 3.05) is 45.4 Å². The summed E-state index contributed by atoms with van der Waals surface area (Å²) in [7, 11) is 3.23. The van der Waals surface area contributed by atoms with Crippen LogP contribution in [0.15, 0.2) is 18.2 Å². The molecule has 7 nitrogen and oxygen atoms in total. The van der Waals surface area contributed by atoms with Crippen molar-refractivity contribution in [3.05, 3.63) is 24.0 Å². The molecule has 1 aromatic carbocycles. The van der Waals surface area contributed by atoms with Crippen molar-refractivity contribution in [3.63, 3.8) is 0 Å². The maximum Gasteiger partial charge on any atom is 0.414 e. The van der Waals surface area contributed by atoms with Crippen molar-refractivity contribution in [2.24, 2.45) is 0 Å². The summed E-state index contributed by atoms with van der Waals surface area (Å²) in [5.74, 6) is -0.435. The van der Waals surface area contributed by atoms with E-state index in [-0.39, 0.29) is 18.5 Å². The fourth-order valence-electron chi connectivity index (χ4n) is 2.14. The van der Waals surface area contributed by atoms with Gasteiger partial charge in [-0.25, -0.2) is 9.18 Å². The Labute approximate surface area is 145 Å². The highest BCUT2D eigenvalue weighted by Gasteiger charge is 2.32. The smallest absolute Gasteiger partial charge is 0.414 e. The molecular weight excluding hydrogens is 337 g/mol. The topological polar surface area (TPSA) is 72.1 Å². The lowest BCUT2D eigenvalue weighted by atomic mass is 10.2. The number of methoxy groups -OCH3 is 1. The predicted octanol–water partition coefficient (Wildman–Crippen LogP) is 1.27. The minimum atomic E-state index is -0.547. The molecule has 132 valence electrons. The van der Waals surface area contributed by atoms with Gasteiger partial charge in [0.1, 0.15) is 12.7 Å². The lowest BCUT2D eigenvalue weighted by Crippen LogP contribution is -2.39. The van der Waals surface area contributed by atoms with Crippen LogP contribution in [0.4, 0.5) is 14.9 Å². The summed E-state index contributed by atoms with van der Waals surface area (Å²) in [6.45, 7) is 1.30. The van der Waals surface area contributed by atoms with E-state index in [1.54, 1.807) is 13.1 Å². The highest BCUT2D eigenvalue weighted by molar-refractivity contribution is 7.80. The quantitative estimate of drug-likeness (QED) is 0.562. The van der Waals surface area contributed by atoms with Crippen molar-refractivity contribution in [1.82, 2.24) is 10.6 Å². The Morgan fingerprint density at radius 3 is 2.96 bits per heavy atom. The van der Waals surface area contributed by atoms with Gasteiger partial charge in [0.25, 0.3) is 0 Å². The number of anilines is 1. The summed E-state index contributed by atoms with van der Waals surface area (Å²) in [6, 6.07) is 4.34. The fourth-order valence-corrected chi connectivity index (χ4v) is 2.23. The van der Waals surface area contributed by atoms with E-state index in [1.165, 1.54) is 24.1 Å². The SMILES string of the molecule is CNC(=S)NC[C@H]1CN(c2ccc(OCCOC)c(F)c2)C(=O)O1. The van der Waals surface area contributed by atoms with Crippen LogP contribution in [-0.4, -0.2) is 57.8 Å². The molecule has 2 N–H and O–H groups in total. The Balaban J connectivity index is 1.97. The number of carbonyl (C=O) groups is 1. The molecule has 1 atom stereocenters. The largest absolute Gasteiger partial charge is 0.488 e. The predicted molar refractivity (Wildman–Crippen MR) is 91.0 cm³/mol. The maximum atomic E-state index is 14.1. The van der Waals surface area contributed by atoms with Crippen LogP contribution in [0.2, 0.25) is 0 Å². The van der Waals surface area contributed by atoms with Gasteiger partial charge in [0.15, 0.2) is 16.7 Å². The Bertz CT molecular complexity index is 602. The zero-order chi connectivity index (χ0) is 17.5. The summed E-state index contributed by atoms with van der Waals surface area (Å²) in [5, 5.41) is 6.16. The van der Waals surface area contributed by atoms with Crippen molar-refractivity contribution in [3.8, 4) is 5.75 Å². The molecule has 1 heterocycles. The van der Waals surface area contributed by atoms with E-state index in [0.29, 0.717) is 30.5 Å². The lowest BCUT2D eigenvalue weighted by Gasteiger charge is -2.15. The standard InChI is InChI=1S/C15H20FN3O4S/c1-17-14(24)18-8-11-9-19(15(20)23-11)10-3-4-13(12(16)7-10)22-6-5-21-2/h3-4,7,11H,5-6,8-9H2,1-2H3,(H2,17,18,24)/t11-/m0/s1. The molecule has 2 rings (SSSR count). The zero-order valence-electron chi connectivity index (χ0n) is 13.5. The third-order valence-electron chi connectivity index (χ3n) is 3.36. The van der Waals surface area contributed by atoms with Gasteiger partial charge < -0.3 is 24.8 Å². The molecule has 0 unspecified atom stereocenters. The van der Waals surface area contributed by atoms with Gasteiger partial charge in [0.05, 0.1) is 25.4 Å². The van der Waals surface area contributed by atoms with Crippen molar-refractivity contribution in [1.29, 1.82) is 0 Å². The summed E-state index contributed by atoms with van der Waals surface area (Å²) in [6.07, 6.45) is -0.894. The molecule has 1 amide bonds. The first kappa shape index (κ1) is 18.2. The van der Waals surface area contributed by atoms with Crippen LogP contribution >= 0.6 is 12.2 Å². The van der Waals surface area contributed by atoms with Gasteiger partial charge in [0, 0.05) is 20.2 Å². The number of amides is 1. The van der Waals surface area contributed by atoms with E-state index in [1.807, 2.05) is 0 Å². The van der Waals surface area contributed by atoms with Crippen LogP contribution < -0.4 is 20.3 Å². The molecule has 1 aliphatic heterocycles. The van der Waals surface area contributed by atoms with Crippen molar-refractivity contribution in [2.45, 2.75) is 6.10 Å². The van der Waals surface area contributed by atoms with Crippen LogP contribution in [-0.2, 0) is 9.47 Å². The van der Waals surface area contributed by atoms with E-state index in [2.05, 4.69) is 10.6 Å². The van der Waals surface area contributed by atoms with Gasteiger partial charge in [-0.2, -0.15) is 0 Å². The maximum absolute atomic E-state index is 14.1. The van der Waals surface area contributed by atoms with Crippen LogP contribution in [0, 0.1) is 5.82 Å². The number of rotatable bonds is 7. The van der Waals surface area contributed by atoms with Gasteiger partial charge in [-0.05, 0) is 24.4 Å². The van der Waals surface area contributed by atoms with Gasteiger partial charge in [-0.3, -0.25) is 4.90 Å². The second-order valence-corrected chi connectivity index (χ2v) is 5.44. The highest BCUT2D eigenvalue weighted by atomic mass is 32.1. The van der Waals surface area contributed by atoms with E-state index in [4.69, 9.17) is 26.4 Å². The molecule has 0 spiro atoms. The molecule has 1 saturated heterocycles. The molecule has 0 aliphatic carbocycles. The third-order valence-corrected chi connectivity index (χ3v) is 3.71. The number of hydrogen-bond acceptors (Lipinski definition) is 5. The highest BCUT2D eigenvalue weighted by Crippen LogP contribution is 2.27. The van der Waals surface area contributed by atoms with Gasteiger partial charge in [-0.15, -0.1) is 0 Å². The van der Waals surface area contributed by atoms with Gasteiger partial charge >= 0.3 is 6.09 Å². The number of cyclic esters (lactones) is 1. The lowest BCUT2D eigenvalue weighted by molar-refractivity contribution is 0.142. The molecule has 0 radical (unpaired) electrons. The average Bonchev–Trinajstić information content (AvgIpc) is 2.95. The molecule has 1 fully saturated rings.